The zero-order valence-corrected chi connectivity index (χ0v) is 11.6. The van der Waals surface area contributed by atoms with Crippen LogP contribution in [0.1, 0.15) is 6.92 Å². The van der Waals surface area contributed by atoms with E-state index in [2.05, 4.69) is 15.3 Å². The zero-order chi connectivity index (χ0) is 15.2. The summed E-state index contributed by atoms with van der Waals surface area (Å²) < 4.78 is 10.5. The van der Waals surface area contributed by atoms with E-state index >= 15 is 0 Å². The van der Waals surface area contributed by atoms with E-state index in [9.17, 15) is 10.1 Å². The molecule has 110 valence electrons. The third-order valence-corrected chi connectivity index (χ3v) is 2.55. The largest absolute Gasteiger partial charge is 0.497 e. The molecule has 0 atom stereocenters. The van der Waals surface area contributed by atoms with Gasteiger partial charge in [-0.15, -0.1) is 0 Å². The Morgan fingerprint density at radius 2 is 2.19 bits per heavy atom. The molecular formula is C13H14N4O4. The summed E-state index contributed by atoms with van der Waals surface area (Å²) in [6.45, 7) is 2.60. The van der Waals surface area contributed by atoms with Crippen molar-refractivity contribution in [3.8, 4) is 17.4 Å². The van der Waals surface area contributed by atoms with E-state index < -0.39 is 4.92 Å². The number of benzene rings is 1. The molecule has 0 aliphatic carbocycles. The van der Waals surface area contributed by atoms with E-state index in [0.29, 0.717) is 18.1 Å². The van der Waals surface area contributed by atoms with Crippen LogP contribution in [0.2, 0.25) is 0 Å². The summed E-state index contributed by atoms with van der Waals surface area (Å²) in [7, 11) is 1.47. The Balaban J connectivity index is 2.33. The number of methoxy groups -OCH3 is 1. The van der Waals surface area contributed by atoms with Gasteiger partial charge in [-0.05, 0) is 13.0 Å². The smallest absolute Gasteiger partial charge is 0.311 e. The Labute approximate surface area is 120 Å². The van der Waals surface area contributed by atoms with E-state index in [1.165, 1.54) is 37.7 Å². The van der Waals surface area contributed by atoms with Crippen LogP contribution in [0.4, 0.5) is 11.5 Å². The molecular weight excluding hydrogens is 276 g/mol. The third kappa shape index (κ3) is 3.56. The molecule has 0 radical (unpaired) electrons. The highest BCUT2D eigenvalue weighted by Gasteiger charge is 2.17. The van der Waals surface area contributed by atoms with Crippen molar-refractivity contribution in [3.63, 3.8) is 0 Å². The van der Waals surface area contributed by atoms with E-state index in [1.54, 1.807) is 0 Å². The van der Waals surface area contributed by atoms with Gasteiger partial charge in [-0.2, -0.15) is 4.98 Å². The second-order valence-corrected chi connectivity index (χ2v) is 3.97. The first-order valence-corrected chi connectivity index (χ1v) is 6.20. The van der Waals surface area contributed by atoms with Crippen LogP contribution in [0.15, 0.2) is 30.6 Å². The molecule has 1 N–H and O–H groups in total. The molecule has 0 saturated heterocycles. The minimum Gasteiger partial charge on any atom is -0.497 e. The molecule has 0 bridgehead atoms. The second kappa shape index (κ2) is 6.51. The predicted octanol–water partition coefficient (Wildman–Crippen LogP) is 2.62. The molecule has 8 heteroatoms. The number of anilines is 1. The summed E-state index contributed by atoms with van der Waals surface area (Å²) in [4.78, 5) is 18.6. The number of hydrogen-bond acceptors (Lipinski definition) is 7. The number of aromatic nitrogens is 2. The van der Waals surface area contributed by atoms with E-state index in [-0.39, 0.29) is 17.3 Å². The fourth-order valence-electron chi connectivity index (χ4n) is 1.63. The summed E-state index contributed by atoms with van der Waals surface area (Å²) in [5.41, 5.74) is -0.175. The average molecular weight is 290 g/mol. The van der Waals surface area contributed by atoms with Crippen molar-refractivity contribution < 1.29 is 14.4 Å². The standard InChI is InChI=1S/C13H14N4O4/c1-3-15-12-7-14-8-13(16-12)21-11-6-9(20-2)4-5-10(11)17(18)19/h4-8H,3H2,1-2H3,(H,15,16). The van der Waals surface area contributed by atoms with Gasteiger partial charge in [0, 0.05) is 18.7 Å². The number of nitro groups is 1. The van der Waals surface area contributed by atoms with Gasteiger partial charge in [-0.25, -0.2) is 0 Å². The third-order valence-electron chi connectivity index (χ3n) is 2.55. The van der Waals surface area contributed by atoms with Crippen molar-refractivity contribution in [2.75, 3.05) is 19.0 Å². The maximum atomic E-state index is 11.0. The molecule has 0 saturated carbocycles. The van der Waals surface area contributed by atoms with Crippen LogP contribution in [-0.2, 0) is 0 Å². The van der Waals surface area contributed by atoms with E-state index in [1.807, 2.05) is 6.92 Å². The molecule has 0 aliphatic rings. The lowest BCUT2D eigenvalue weighted by atomic mass is 10.3. The van der Waals surface area contributed by atoms with Crippen molar-refractivity contribution in [2.45, 2.75) is 6.92 Å². The minimum absolute atomic E-state index is 0.0438. The Hall–Kier alpha value is -2.90. The maximum Gasteiger partial charge on any atom is 0.311 e. The summed E-state index contributed by atoms with van der Waals surface area (Å²) in [5, 5.41) is 14.0. The van der Waals surface area contributed by atoms with Crippen LogP contribution in [0.5, 0.6) is 17.4 Å². The van der Waals surface area contributed by atoms with Crippen molar-refractivity contribution in [1.29, 1.82) is 0 Å². The van der Waals surface area contributed by atoms with Crippen molar-refractivity contribution >= 4 is 11.5 Å². The van der Waals surface area contributed by atoms with E-state index in [4.69, 9.17) is 9.47 Å². The first-order valence-electron chi connectivity index (χ1n) is 6.20. The lowest BCUT2D eigenvalue weighted by Crippen LogP contribution is -2.01. The summed E-state index contributed by atoms with van der Waals surface area (Å²) >= 11 is 0. The molecule has 1 heterocycles. The van der Waals surface area contributed by atoms with Crippen LogP contribution in [-0.4, -0.2) is 28.5 Å². The van der Waals surface area contributed by atoms with E-state index in [0.717, 1.165) is 0 Å². The van der Waals surface area contributed by atoms with Crippen LogP contribution in [0.25, 0.3) is 0 Å². The fraction of sp³-hybridized carbons (Fsp3) is 0.231. The minimum atomic E-state index is -0.531. The van der Waals surface area contributed by atoms with Gasteiger partial charge >= 0.3 is 5.69 Å². The van der Waals surface area contributed by atoms with Crippen molar-refractivity contribution in [2.24, 2.45) is 0 Å². The first-order chi connectivity index (χ1) is 10.1. The lowest BCUT2D eigenvalue weighted by molar-refractivity contribution is -0.385. The molecule has 0 fully saturated rings. The number of ether oxygens (including phenoxy) is 2. The number of nitrogens with zero attached hydrogens (tertiary/aromatic N) is 3. The molecule has 1 aromatic carbocycles. The maximum absolute atomic E-state index is 11.0. The quantitative estimate of drug-likeness (QED) is 0.644. The van der Waals surface area contributed by atoms with Gasteiger partial charge in [0.2, 0.25) is 11.6 Å². The van der Waals surface area contributed by atoms with Gasteiger partial charge in [0.1, 0.15) is 11.6 Å². The zero-order valence-electron chi connectivity index (χ0n) is 11.6. The Morgan fingerprint density at radius 3 is 2.86 bits per heavy atom. The normalized spacial score (nSPS) is 10.0. The first kappa shape index (κ1) is 14.5. The van der Waals surface area contributed by atoms with Crippen LogP contribution in [0, 0.1) is 10.1 Å². The molecule has 21 heavy (non-hydrogen) atoms. The topological polar surface area (TPSA) is 99.4 Å². The number of nitrogens with one attached hydrogen (secondary N) is 1. The van der Waals surface area contributed by atoms with Gasteiger partial charge in [-0.3, -0.25) is 15.1 Å². The average Bonchev–Trinajstić information content (AvgIpc) is 2.47. The second-order valence-electron chi connectivity index (χ2n) is 3.97. The highest BCUT2D eigenvalue weighted by Crippen LogP contribution is 2.33. The van der Waals surface area contributed by atoms with Crippen LogP contribution < -0.4 is 14.8 Å². The molecule has 2 rings (SSSR count). The van der Waals surface area contributed by atoms with Crippen LogP contribution >= 0.6 is 0 Å². The molecule has 0 spiro atoms. The summed E-state index contributed by atoms with van der Waals surface area (Å²) in [6.07, 6.45) is 2.92. The fourth-order valence-corrected chi connectivity index (χ4v) is 1.63. The van der Waals surface area contributed by atoms with Crippen LogP contribution in [0.3, 0.4) is 0 Å². The SMILES string of the molecule is CCNc1cncc(Oc2cc(OC)ccc2[N+](=O)[O-])n1. The molecule has 8 nitrogen and oxygen atoms in total. The van der Waals surface area contributed by atoms with Gasteiger partial charge < -0.3 is 14.8 Å². The molecule has 0 amide bonds. The Bertz CT molecular complexity index is 648. The summed E-state index contributed by atoms with van der Waals surface area (Å²) in [6, 6.07) is 4.24. The number of nitro benzene ring substituents is 1. The Morgan fingerprint density at radius 1 is 1.38 bits per heavy atom. The van der Waals surface area contributed by atoms with Crippen molar-refractivity contribution in [1.82, 2.24) is 9.97 Å². The molecule has 0 aliphatic heterocycles. The van der Waals surface area contributed by atoms with Gasteiger partial charge in [-0.1, -0.05) is 0 Å². The molecule has 0 unspecified atom stereocenters. The monoisotopic (exact) mass is 290 g/mol. The highest BCUT2D eigenvalue weighted by atomic mass is 16.6. The predicted molar refractivity (Wildman–Crippen MR) is 75.9 cm³/mol. The van der Waals surface area contributed by atoms with Gasteiger partial charge in [0.25, 0.3) is 0 Å². The summed E-state index contributed by atoms with van der Waals surface area (Å²) in [5.74, 6) is 1.18. The number of hydrogen-bond donors (Lipinski definition) is 1. The Kier molecular flexibility index (Phi) is 4.50. The molecule has 2 aromatic rings. The number of rotatable bonds is 6. The van der Waals surface area contributed by atoms with Crippen molar-refractivity contribution in [3.05, 3.63) is 40.7 Å². The van der Waals surface area contributed by atoms with Gasteiger partial charge in [0.15, 0.2) is 0 Å². The molecule has 1 aromatic heterocycles. The highest BCUT2D eigenvalue weighted by molar-refractivity contribution is 5.52. The van der Waals surface area contributed by atoms with Gasteiger partial charge in [0.05, 0.1) is 24.4 Å². The lowest BCUT2D eigenvalue weighted by Gasteiger charge is -2.08.